The summed E-state index contributed by atoms with van der Waals surface area (Å²) in [6.07, 6.45) is 2.88. The molecule has 0 bridgehead atoms. The Hall–Kier alpha value is -4.95. The van der Waals surface area contributed by atoms with Crippen molar-refractivity contribution in [2.45, 2.75) is 45.8 Å². The van der Waals surface area contributed by atoms with Crippen molar-refractivity contribution in [1.29, 1.82) is 5.26 Å². The predicted octanol–water partition coefficient (Wildman–Crippen LogP) is 3.30. The Kier molecular flexibility index (Phi) is 8.31. The van der Waals surface area contributed by atoms with Gasteiger partial charge in [0.05, 0.1) is 5.69 Å². The van der Waals surface area contributed by atoms with E-state index in [4.69, 9.17) is 10.5 Å². The Balaban J connectivity index is 1.62. The van der Waals surface area contributed by atoms with E-state index < -0.39 is 23.2 Å². The van der Waals surface area contributed by atoms with Crippen LogP contribution in [0, 0.1) is 11.3 Å². The molecule has 0 spiro atoms. The first kappa shape index (κ1) is 28.1. The number of carbonyl (C=O) groups is 1. The molecular formula is C29H32N8O3. The number of imidazole rings is 1. The van der Waals surface area contributed by atoms with Crippen LogP contribution in [0.25, 0.3) is 16.9 Å². The molecule has 206 valence electrons. The predicted molar refractivity (Wildman–Crippen MR) is 153 cm³/mol. The van der Waals surface area contributed by atoms with E-state index >= 15 is 0 Å². The standard InChI is InChI=1S/C29H32N8O3/c1-5-34-29(3,4)15-20(16-30)27(38)35-19(2)17-36-26-24(25(31)32-18-33-26)37(28(36)39)21-11-13-23(14-12-21)40-22-9-7-6-8-10-22/h6-15,18-19,34H,5,17H2,1-4H3,(H,35,38)(H2,31,32,33). The van der Waals surface area contributed by atoms with Crippen molar-refractivity contribution >= 4 is 22.9 Å². The summed E-state index contributed by atoms with van der Waals surface area (Å²) in [5, 5.41) is 15.6. The minimum Gasteiger partial charge on any atom is -0.457 e. The second-order valence-electron chi connectivity index (χ2n) is 9.87. The molecule has 0 radical (unpaired) electrons. The number of nitrogens with zero attached hydrogens (tertiary/aromatic N) is 5. The number of nitrogen functional groups attached to an aromatic ring is 1. The molecule has 40 heavy (non-hydrogen) atoms. The van der Waals surface area contributed by atoms with Gasteiger partial charge in [-0.2, -0.15) is 5.26 Å². The minimum absolute atomic E-state index is 0.0167. The second-order valence-corrected chi connectivity index (χ2v) is 9.87. The van der Waals surface area contributed by atoms with Gasteiger partial charge in [-0.05, 0) is 69.8 Å². The number of benzene rings is 2. The number of nitrogens with one attached hydrogen (secondary N) is 2. The molecule has 1 unspecified atom stereocenters. The maximum atomic E-state index is 13.7. The van der Waals surface area contributed by atoms with Crippen LogP contribution in [-0.4, -0.2) is 43.1 Å². The van der Waals surface area contributed by atoms with Gasteiger partial charge in [-0.15, -0.1) is 0 Å². The maximum absolute atomic E-state index is 13.7. The Morgan fingerprint density at radius 3 is 2.48 bits per heavy atom. The Morgan fingerprint density at radius 2 is 1.82 bits per heavy atom. The molecule has 4 aromatic rings. The van der Waals surface area contributed by atoms with E-state index in [9.17, 15) is 14.9 Å². The molecule has 4 N–H and O–H groups in total. The molecule has 2 aromatic carbocycles. The van der Waals surface area contributed by atoms with Gasteiger partial charge in [0, 0.05) is 18.1 Å². The van der Waals surface area contributed by atoms with Crippen molar-refractivity contribution in [3.8, 4) is 23.3 Å². The topological polar surface area (TPSA) is 153 Å². The van der Waals surface area contributed by atoms with Gasteiger partial charge in [-0.25, -0.2) is 14.8 Å². The smallest absolute Gasteiger partial charge is 0.335 e. The van der Waals surface area contributed by atoms with Crippen molar-refractivity contribution < 1.29 is 9.53 Å². The number of fused-ring (bicyclic) bond motifs is 1. The molecule has 11 heteroatoms. The van der Waals surface area contributed by atoms with Gasteiger partial charge in [0.15, 0.2) is 11.5 Å². The highest BCUT2D eigenvalue weighted by molar-refractivity contribution is 5.97. The van der Waals surface area contributed by atoms with Gasteiger partial charge in [-0.1, -0.05) is 25.1 Å². The van der Waals surface area contributed by atoms with Crippen LogP contribution in [0.4, 0.5) is 5.82 Å². The number of para-hydroxylation sites is 1. The highest BCUT2D eigenvalue weighted by atomic mass is 16.5. The van der Waals surface area contributed by atoms with Gasteiger partial charge in [0.2, 0.25) is 0 Å². The molecular weight excluding hydrogens is 508 g/mol. The lowest BCUT2D eigenvalue weighted by Gasteiger charge is -2.22. The molecule has 0 saturated carbocycles. The van der Waals surface area contributed by atoms with E-state index in [0.29, 0.717) is 34.9 Å². The third-order valence-electron chi connectivity index (χ3n) is 6.14. The van der Waals surface area contributed by atoms with Crippen molar-refractivity contribution in [3.63, 3.8) is 0 Å². The van der Waals surface area contributed by atoms with Crippen LogP contribution in [0.15, 0.2) is 77.4 Å². The lowest BCUT2D eigenvalue weighted by atomic mass is 10.0. The van der Waals surface area contributed by atoms with Crippen molar-refractivity contribution in [1.82, 2.24) is 29.7 Å². The molecule has 2 heterocycles. The number of rotatable bonds is 10. The maximum Gasteiger partial charge on any atom is 0.335 e. The normalized spacial score (nSPS) is 12.6. The lowest BCUT2D eigenvalue weighted by Crippen LogP contribution is -2.41. The number of ether oxygens (including phenoxy) is 1. The number of anilines is 1. The molecule has 0 fully saturated rings. The fourth-order valence-electron chi connectivity index (χ4n) is 4.43. The largest absolute Gasteiger partial charge is 0.457 e. The van der Waals surface area contributed by atoms with E-state index in [1.807, 2.05) is 57.2 Å². The summed E-state index contributed by atoms with van der Waals surface area (Å²) in [7, 11) is 0. The summed E-state index contributed by atoms with van der Waals surface area (Å²) in [6, 6.07) is 17.8. The fraction of sp³-hybridized carbons (Fsp3) is 0.276. The lowest BCUT2D eigenvalue weighted by molar-refractivity contribution is -0.117. The first-order chi connectivity index (χ1) is 19.1. The molecule has 4 rings (SSSR count). The van der Waals surface area contributed by atoms with Crippen LogP contribution >= 0.6 is 0 Å². The van der Waals surface area contributed by atoms with E-state index in [-0.39, 0.29) is 17.9 Å². The van der Waals surface area contributed by atoms with E-state index in [1.165, 1.54) is 15.5 Å². The number of nitriles is 1. The molecule has 0 saturated heterocycles. The number of aromatic nitrogens is 4. The fourth-order valence-corrected chi connectivity index (χ4v) is 4.43. The Labute approximate surface area is 231 Å². The quantitative estimate of drug-likeness (QED) is 0.205. The summed E-state index contributed by atoms with van der Waals surface area (Å²) >= 11 is 0. The first-order valence-electron chi connectivity index (χ1n) is 12.9. The first-order valence-corrected chi connectivity index (χ1v) is 12.9. The van der Waals surface area contributed by atoms with Crippen molar-refractivity contribution in [2.24, 2.45) is 0 Å². The van der Waals surface area contributed by atoms with Crippen LogP contribution in [0.5, 0.6) is 11.5 Å². The third-order valence-corrected chi connectivity index (χ3v) is 6.14. The average Bonchev–Trinajstić information content (AvgIpc) is 3.20. The molecule has 1 atom stereocenters. The number of hydrogen-bond acceptors (Lipinski definition) is 8. The van der Waals surface area contributed by atoms with Gasteiger partial charge < -0.3 is 21.1 Å². The van der Waals surface area contributed by atoms with Crippen LogP contribution in [0.2, 0.25) is 0 Å². The summed E-state index contributed by atoms with van der Waals surface area (Å²) in [5.74, 6) is 0.909. The van der Waals surface area contributed by atoms with Crippen LogP contribution < -0.4 is 26.8 Å². The average molecular weight is 541 g/mol. The summed E-state index contributed by atoms with van der Waals surface area (Å²) in [4.78, 5) is 34.9. The van der Waals surface area contributed by atoms with Crippen LogP contribution in [0.3, 0.4) is 0 Å². The highest BCUT2D eigenvalue weighted by Crippen LogP contribution is 2.25. The number of hydrogen-bond donors (Lipinski definition) is 3. The van der Waals surface area contributed by atoms with E-state index in [0.717, 1.165) is 0 Å². The SMILES string of the molecule is CCNC(C)(C)C=C(C#N)C(=O)NC(C)Cn1c(=O)n(-c2ccc(Oc3ccccc3)cc2)c2c(N)ncnc21. The number of nitrogens with two attached hydrogens (primary N) is 1. The third kappa shape index (κ3) is 6.19. The minimum atomic E-state index is -0.541. The molecule has 0 aliphatic carbocycles. The monoisotopic (exact) mass is 540 g/mol. The molecule has 0 aliphatic heterocycles. The molecule has 2 aromatic heterocycles. The zero-order valence-corrected chi connectivity index (χ0v) is 22.9. The molecule has 11 nitrogen and oxygen atoms in total. The molecule has 1 amide bonds. The molecule has 0 aliphatic rings. The van der Waals surface area contributed by atoms with Gasteiger partial charge in [-0.3, -0.25) is 13.9 Å². The summed E-state index contributed by atoms with van der Waals surface area (Å²) in [5.41, 5.74) is 6.47. The van der Waals surface area contributed by atoms with Crippen LogP contribution in [0.1, 0.15) is 27.7 Å². The van der Waals surface area contributed by atoms with Gasteiger partial charge in [0.1, 0.15) is 35.0 Å². The Morgan fingerprint density at radius 1 is 1.15 bits per heavy atom. The summed E-state index contributed by atoms with van der Waals surface area (Å²) in [6.45, 7) is 8.22. The van der Waals surface area contributed by atoms with Crippen molar-refractivity contribution in [3.05, 3.63) is 83.1 Å². The van der Waals surface area contributed by atoms with Gasteiger partial charge >= 0.3 is 5.69 Å². The number of amides is 1. The second kappa shape index (κ2) is 11.8. The summed E-state index contributed by atoms with van der Waals surface area (Å²) < 4.78 is 8.74. The van der Waals surface area contributed by atoms with Crippen molar-refractivity contribution in [2.75, 3.05) is 12.3 Å². The Bertz CT molecular complexity index is 1630. The van der Waals surface area contributed by atoms with E-state index in [2.05, 4.69) is 20.6 Å². The number of likely N-dealkylation sites (N-methyl/N-ethyl adjacent to an activating group) is 1. The number of carbonyl (C=O) groups excluding carboxylic acids is 1. The zero-order chi connectivity index (χ0) is 28.9. The van der Waals surface area contributed by atoms with E-state index in [1.54, 1.807) is 37.3 Å². The zero-order valence-electron chi connectivity index (χ0n) is 22.9. The highest BCUT2D eigenvalue weighted by Gasteiger charge is 2.23. The van der Waals surface area contributed by atoms with Gasteiger partial charge in [0.25, 0.3) is 5.91 Å². The van der Waals surface area contributed by atoms with Crippen LogP contribution in [-0.2, 0) is 11.3 Å².